The van der Waals surface area contributed by atoms with Crippen molar-refractivity contribution in [2.45, 2.75) is 12.5 Å². The van der Waals surface area contributed by atoms with Crippen molar-refractivity contribution in [3.05, 3.63) is 71.3 Å². The molecular weight excluding hydrogens is 222 g/mol. The number of rotatable bonds is 5. The summed E-state index contributed by atoms with van der Waals surface area (Å²) in [6.07, 6.45) is 0.942. The number of hydrogen-bond acceptors (Lipinski definition) is 2. The van der Waals surface area contributed by atoms with Gasteiger partial charge in [0.25, 0.3) is 0 Å². The molecule has 0 amide bonds. The van der Waals surface area contributed by atoms with Gasteiger partial charge >= 0.3 is 0 Å². The third-order valence-electron chi connectivity index (χ3n) is 3.09. The number of hydrogen-bond donors (Lipinski definition) is 1. The summed E-state index contributed by atoms with van der Waals surface area (Å²) in [7, 11) is 1.72. The van der Waals surface area contributed by atoms with Crippen molar-refractivity contribution < 1.29 is 4.74 Å². The van der Waals surface area contributed by atoms with Crippen LogP contribution in [0, 0.1) is 0 Å². The lowest BCUT2D eigenvalue weighted by Gasteiger charge is -2.13. The molecule has 0 aromatic heterocycles. The molecule has 2 rings (SSSR count). The molecule has 94 valence electrons. The number of benzene rings is 2. The monoisotopic (exact) mass is 241 g/mol. The summed E-state index contributed by atoms with van der Waals surface area (Å²) in [6, 6.07) is 18.5. The molecule has 0 radical (unpaired) electrons. The lowest BCUT2D eigenvalue weighted by atomic mass is 9.98. The summed E-state index contributed by atoms with van der Waals surface area (Å²) in [6.45, 7) is 0.754. The average Bonchev–Trinajstić information content (AvgIpc) is 2.46. The van der Waals surface area contributed by atoms with E-state index >= 15 is 0 Å². The predicted octanol–water partition coefficient (Wildman–Crippen LogP) is 2.92. The Morgan fingerprint density at radius 2 is 1.56 bits per heavy atom. The molecule has 0 aliphatic rings. The van der Waals surface area contributed by atoms with Crippen LogP contribution in [0.4, 0.5) is 0 Å². The van der Waals surface area contributed by atoms with Gasteiger partial charge in [-0.25, -0.2) is 0 Å². The van der Waals surface area contributed by atoms with E-state index in [1.165, 1.54) is 5.56 Å². The van der Waals surface area contributed by atoms with Crippen molar-refractivity contribution in [2.75, 3.05) is 13.7 Å². The van der Waals surface area contributed by atoms with E-state index in [9.17, 15) is 0 Å². The Morgan fingerprint density at radius 3 is 2.17 bits per heavy atom. The van der Waals surface area contributed by atoms with Crippen molar-refractivity contribution in [1.82, 2.24) is 0 Å². The normalized spacial score (nSPS) is 12.3. The lowest BCUT2D eigenvalue weighted by molar-refractivity contribution is 0.202. The van der Waals surface area contributed by atoms with Crippen molar-refractivity contribution in [3.8, 4) is 0 Å². The summed E-state index contributed by atoms with van der Waals surface area (Å²) in [5.74, 6) is 0. The van der Waals surface area contributed by atoms with Crippen LogP contribution in [0.2, 0.25) is 0 Å². The molecule has 0 aliphatic carbocycles. The smallest absolute Gasteiger partial charge is 0.0551 e. The Bertz CT molecular complexity index is 464. The number of methoxy groups -OCH3 is 1. The van der Waals surface area contributed by atoms with Crippen LogP contribution in [0.25, 0.3) is 0 Å². The van der Waals surface area contributed by atoms with E-state index in [4.69, 9.17) is 10.5 Å². The van der Waals surface area contributed by atoms with E-state index in [0.29, 0.717) is 0 Å². The first-order chi connectivity index (χ1) is 8.81. The summed E-state index contributed by atoms with van der Waals surface area (Å²) in [5, 5.41) is 0. The Kier molecular flexibility index (Phi) is 4.51. The second-order valence-electron chi connectivity index (χ2n) is 4.37. The maximum Gasteiger partial charge on any atom is 0.0551 e. The molecule has 0 spiro atoms. The van der Waals surface area contributed by atoms with Gasteiger partial charge in [-0.2, -0.15) is 0 Å². The van der Waals surface area contributed by atoms with Crippen LogP contribution < -0.4 is 5.73 Å². The SMILES string of the molecule is COCCc1ccc(C(N)c2ccccc2)cc1. The minimum atomic E-state index is -0.0531. The third-order valence-corrected chi connectivity index (χ3v) is 3.09. The van der Waals surface area contributed by atoms with Gasteiger partial charge in [-0.15, -0.1) is 0 Å². The maximum atomic E-state index is 6.24. The van der Waals surface area contributed by atoms with Crippen LogP contribution in [0.5, 0.6) is 0 Å². The van der Waals surface area contributed by atoms with Gasteiger partial charge in [0.15, 0.2) is 0 Å². The van der Waals surface area contributed by atoms with E-state index in [1.54, 1.807) is 7.11 Å². The molecule has 0 bridgehead atoms. The summed E-state index contributed by atoms with van der Waals surface area (Å²) in [5.41, 5.74) is 9.80. The quantitative estimate of drug-likeness (QED) is 0.873. The van der Waals surface area contributed by atoms with Crippen LogP contribution in [0.1, 0.15) is 22.7 Å². The van der Waals surface area contributed by atoms with Crippen molar-refractivity contribution in [1.29, 1.82) is 0 Å². The van der Waals surface area contributed by atoms with Crippen molar-refractivity contribution in [3.63, 3.8) is 0 Å². The number of ether oxygens (including phenoxy) is 1. The summed E-state index contributed by atoms with van der Waals surface area (Å²) in [4.78, 5) is 0. The molecule has 2 nitrogen and oxygen atoms in total. The molecule has 0 saturated heterocycles. The second kappa shape index (κ2) is 6.34. The van der Waals surface area contributed by atoms with Crippen LogP contribution in [0.3, 0.4) is 0 Å². The zero-order chi connectivity index (χ0) is 12.8. The second-order valence-corrected chi connectivity index (χ2v) is 4.37. The largest absolute Gasteiger partial charge is 0.384 e. The molecule has 0 saturated carbocycles. The highest BCUT2D eigenvalue weighted by Crippen LogP contribution is 2.19. The highest BCUT2D eigenvalue weighted by Gasteiger charge is 2.07. The Labute approximate surface area is 108 Å². The van der Waals surface area contributed by atoms with Crippen LogP contribution in [0.15, 0.2) is 54.6 Å². The first-order valence-electron chi connectivity index (χ1n) is 6.19. The predicted molar refractivity (Wildman–Crippen MR) is 74.5 cm³/mol. The van der Waals surface area contributed by atoms with Gasteiger partial charge in [0.05, 0.1) is 12.6 Å². The highest BCUT2D eigenvalue weighted by molar-refractivity contribution is 5.33. The van der Waals surface area contributed by atoms with Gasteiger partial charge in [-0.3, -0.25) is 0 Å². The zero-order valence-corrected chi connectivity index (χ0v) is 10.7. The standard InChI is InChI=1S/C16H19NO/c1-18-12-11-13-7-9-15(10-8-13)16(17)14-5-3-2-4-6-14/h2-10,16H,11-12,17H2,1H3. The Morgan fingerprint density at radius 1 is 0.944 bits per heavy atom. The molecule has 2 heteroatoms. The van der Waals surface area contributed by atoms with Crippen LogP contribution in [-0.2, 0) is 11.2 Å². The minimum Gasteiger partial charge on any atom is -0.384 e. The van der Waals surface area contributed by atoms with Crippen molar-refractivity contribution >= 4 is 0 Å². The Balaban J connectivity index is 2.09. The fourth-order valence-electron chi connectivity index (χ4n) is 1.96. The van der Waals surface area contributed by atoms with E-state index in [-0.39, 0.29) is 6.04 Å². The fraction of sp³-hybridized carbons (Fsp3) is 0.250. The molecule has 2 aromatic carbocycles. The first-order valence-corrected chi connectivity index (χ1v) is 6.19. The molecule has 2 aromatic rings. The molecule has 0 aliphatic heterocycles. The molecule has 2 N–H and O–H groups in total. The number of nitrogens with two attached hydrogens (primary N) is 1. The molecule has 0 fully saturated rings. The Hall–Kier alpha value is -1.64. The first kappa shape index (κ1) is 12.8. The zero-order valence-electron chi connectivity index (χ0n) is 10.7. The van der Waals surface area contributed by atoms with E-state index in [1.807, 2.05) is 18.2 Å². The van der Waals surface area contributed by atoms with Gasteiger partial charge in [-0.05, 0) is 23.1 Å². The van der Waals surface area contributed by atoms with E-state index in [2.05, 4.69) is 36.4 Å². The van der Waals surface area contributed by atoms with Crippen molar-refractivity contribution in [2.24, 2.45) is 5.73 Å². The van der Waals surface area contributed by atoms with Gasteiger partial charge in [0.1, 0.15) is 0 Å². The molecule has 0 heterocycles. The average molecular weight is 241 g/mol. The van der Waals surface area contributed by atoms with Gasteiger partial charge in [0, 0.05) is 7.11 Å². The molecule has 1 atom stereocenters. The van der Waals surface area contributed by atoms with E-state index < -0.39 is 0 Å². The lowest BCUT2D eigenvalue weighted by Crippen LogP contribution is -2.11. The highest BCUT2D eigenvalue weighted by atomic mass is 16.5. The van der Waals surface area contributed by atoms with Crippen LogP contribution in [-0.4, -0.2) is 13.7 Å². The van der Waals surface area contributed by atoms with Gasteiger partial charge < -0.3 is 10.5 Å². The van der Waals surface area contributed by atoms with Gasteiger partial charge in [0.2, 0.25) is 0 Å². The maximum absolute atomic E-state index is 6.24. The van der Waals surface area contributed by atoms with Crippen LogP contribution >= 0.6 is 0 Å². The molecule has 18 heavy (non-hydrogen) atoms. The molecular formula is C16H19NO. The summed E-state index contributed by atoms with van der Waals surface area (Å²) < 4.78 is 5.07. The molecule has 1 unspecified atom stereocenters. The topological polar surface area (TPSA) is 35.2 Å². The summed E-state index contributed by atoms with van der Waals surface area (Å²) >= 11 is 0. The van der Waals surface area contributed by atoms with E-state index in [0.717, 1.165) is 24.2 Å². The fourth-order valence-corrected chi connectivity index (χ4v) is 1.96. The van der Waals surface area contributed by atoms with Gasteiger partial charge in [-0.1, -0.05) is 54.6 Å². The third kappa shape index (κ3) is 3.19. The minimum absolute atomic E-state index is 0.0531.